The predicted molar refractivity (Wildman–Crippen MR) is 163 cm³/mol. The van der Waals surface area contributed by atoms with Gasteiger partial charge in [0.05, 0.1) is 56.7 Å². The topological polar surface area (TPSA) is 184 Å². The van der Waals surface area contributed by atoms with Crippen molar-refractivity contribution in [2.45, 2.75) is 19.8 Å². The van der Waals surface area contributed by atoms with Crippen molar-refractivity contribution < 1.29 is 43.1 Å². The molecule has 15 heteroatoms. The van der Waals surface area contributed by atoms with Gasteiger partial charge in [-0.2, -0.15) is 0 Å². The van der Waals surface area contributed by atoms with Gasteiger partial charge in [-0.3, -0.25) is 9.59 Å². The third-order valence-electron chi connectivity index (χ3n) is 7.80. The van der Waals surface area contributed by atoms with Gasteiger partial charge in [-0.25, -0.2) is 14.0 Å². The molecule has 0 aliphatic carbocycles. The van der Waals surface area contributed by atoms with Crippen LogP contribution in [-0.2, 0) is 18.9 Å². The van der Waals surface area contributed by atoms with Crippen LogP contribution in [0.1, 0.15) is 57.2 Å². The van der Waals surface area contributed by atoms with E-state index in [1.807, 2.05) is 0 Å². The van der Waals surface area contributed by atoms with Crippen molar-refractivity contribution in [3.8, 4) is 11.5 Å². The second-order valence-corrected chi connectivity index (χ2v) is 10.5. The number of H-pyrrole nitrogens is 2. The average Bonchev–Trinajstić information content (AvgIpc) is 3.05. The molecule has 4 N–H and O–H groups in total. The summed E-state index contributed by atoms with van der Waals surface area (Å²) in [6, 6.07) is 4.66. The minimum Gasteiger partial charge on any atom is -0.506 e. The number of esters is 2. The Hall–Kier alpha value is -4.89. The Bertz CT molecular complexity index is 1610. The van der Waals surface area contributed by atoms with Crippen molar-refractivity contribution in [1.29, 1.82) is 0 Å². The SMILES string of the molecule is CCOC(=O)c1c(N2CCOCC2)[nH]c(=O)c(C(c2ccc(F)cc2)c2c(O)c(C(=O)OCC)c(N3CCOCC3)[nH]c2=O)c1O. The van der Waals surface area contributed by atoms with Gasteiger partial charge in [0.25, 0.3) is 11.1 Å². The van der Waals surface area contributed by atoms with E-state index in [2.05, 4.69) is 9.97 Å². The van der Waals surface area contributed by atoms with E-state index in [9.17, 15) is 33.8 Å². The lowest BCUT2D eigenvalue weighted by atomic mass is 9.83. The maximum absolute atomic E-state index is 14.1. The first-order chi connectivity index (χ1) is 22.2. The molecule has 5 rings (SSSR count). The zero-order chi connectivity index (χ0) is 33.0. The number of pyridine rings is 2. The molecule has 0 saturated carbocycles. The van der Waals surface area contributed by atoms with Gasteiger partial charge in [0.1, 0.15) is 40.1 Å². The Labute approximate surface area is 262 Å². The van der Waals surface area contributed by atoms with Crippen molar-refractivity contribution in [3.05, 3.63) is 78.6 Å². The van der Waals surface area contributed by atoms with Gasteiger partial charge >= 0.3 is 11.9 Å². The van der Waals surface area contributed by atoms with Gasteiger partial charge in [-0.1, -0.05) is 12.1 Å². The Morgan fingerprint density at radius 2 is 1.17 bits per heavy atom. The van der Waals surface area contributed by atoms with Gasteiger partial charge in [-0.15, -0.1) is 0 Å². The molecule has 0 bridgehead atoms. The third-order valence-corrected chi connectivity index (χ3v) is 7.80. The zero-order valence-electron chi connectivity index (χ0n) is 25.4. The van der Waals surface area contributed by atoms with Crippen molar-refractivity contribution in [1.82, 2.24) is 9.97 Å². The first-order valence-electron chi connectivity index (χ1n) is 14.9. The second-order valence-electron chi connectivity index (χ2n) is 10.5. The summed E-state index contributed by atoms with van der Waals surface area (Å²) < 4.78 is 35.3. The number of nitrogens with zero attached hydrogens (tertiary/aromatic N) is 2. The van der Waals surface area contributed by atoms with Gasteiger partial charge in [-0.05, 0) is 31.5 Å². The van der Waals surface area contributed by atoms with Crippen LogP contribution in [-0.4, -0.2) is 97.9 Å². The van der Waals surface area contributed by atoms with Crippen molar-refractivity contribution in [2.75, 3.05) is 75.6 Å². The number of nitrogens with one attached hydrogen (secondary N) is 2. The number of aromatic amines is 2. The highest BCUT2D eigenvalue weighted by Crippen LogP contribution is 2.42. The molecule has 2 aliphatic heterocycles. The highest BCUT2D eigenvalue weighted by Gasteiger charge is 2.37. The van der Waals surface area contributed by atoms with E-state index in [0.29, 0.717) is 26.4 Å². The van der Waals surface area contributed by atoms with Crippen LogP contribution in [0, 0.1) is 5.82 Å². The highest BCUT2D eigenvalue weighted by atomic mass is 19.1. The van der Waals surface area contributed by atoms with E-state index in [-0.39, 0.29) is 67.7 Å². The summed E-state index contributed by atoms with van der Waals surface area (Å²) in [6.45, 7) is 5.35. The number of carbonyl (C=O) groups excluding carboxylic acids is 2. The molecular formula is C31H35FN4O10. The molecule has 2 fully saturated rings. The lowest BCUT2D eigenvalue weighted by Crippen LogP contribution is -2.40. The summed E-state index contributed by atoms with van der Waals surface area (Å²) >= 11 is 0. The Balaban J connectivity index is 1.82. The minimum atomic E-state index is -1.60. The number of ether oxygens (including phenoxy) is 4. The van der Waals surface area contributed by atoms with Crippen LogP contribution in [0.2, 0.25) is 0 Å². The fourth-order valence-corrected chi connectivity index (χ4v) is 5.69. The maximum Gasteiger partial charge on any atom is 0.345 e. The van der Waals surface area contributed by atoms with Gasteiger partial charge in [0.15, 0.2) is 0 Å². The number of aromatic nitrogens is 2. The molecule has 1 aromatic carbocycles. The normalized spacial score (nSPS) is 15.2. The molecule has 4 heterocycles. The number of halogens is 1. The number of benzene rings is 1. The van der Waals surface area contributed by atoms with Crippen LogP contribution in [0.25, 0.3) is 0 Å². The summed E-state index contributed by atoms with van der Waals surface area (Å²) in [7, 11) is 0. The highest BCUT2D eigenvalue weighted by molar-refractivity contribution is 5.99. The van der Waals surface area contributed by atoms with Crippen LogP contribution in [0.4, 0.5) is 16.0 Å². The van der Waals surface area contributed by atoms with Gasteiger partial charge < -0.3 is 48.9 Å². The monoisotopic (exact) mass is 642 g/mol. The number of aromatic hydroxyl groups is 2. The van der Waals surface area contributed by atoms with Crippen molar-refractivity contribution in [2.24, 2.45) is 0 Å². The summed E-state index contributed by atoms with van der Waals surface area (Å²) in [5.41, 5.74) is -3.51. The molecule has 246 valence electrons. The second kappa shape index (κ2) is 14.0. The van der Waals surface area contributed by atoms with E-state index >= 15 is 0 Å². The quantitative estimate of drug-likeness (QED) is 0.249. The van der Waals surface area contributed by atoms with Crippen LogP contribution in [0.5, 0.6) is 11.5 Å². The average molecular weight is 643 g/mol. The zero-order valence-corrected chi connectivity index (χ0v) is 25.4. The summed E-state index contributed by atoms with van der Waals surface area (Å²) in [5, 5.41) is 23.5. The van der Waals surface area contributed by atoms with Crippen LogP contribution in [0.3, 0.4) is 0 Å². The lowest BCUT2D eigenvalue weighted by molar-refractivity contribution is 0.0512. The maximum atomic E-state index is 14.1. The first kappa shape index (κ1) is 32.5. The summed E-state index contributed by atoms with van der Waals surface area (Å²) in [4.78, 5) is 63.1. The smallest absolute Gasteiger partial charge is 0.345 e. The molecule has 14 nitrogen and oxygen atoms in total. The number of hydrogen-bond donors (Lipinski definition) is 4. The van der Waals surface area contributed by atoms with E-state index in [4.69, 9.17) is 18.9 Å². The predicted octanol–water partition coefficient (Wildman–Crippen LogP) is 1.82. The van der Waals surface area contributed by atoms with Crippen LogP contribution < -0.4 is 20.9 Å². The molecule has 2 aliphatic rings. The van der Waals surface area contributed by atoms with Crippen LogP contribution >= 0.6 is 0 Å². The number of morpholine rings is 2. The van der Waals surface area contributed by atoms with Crippen molar-refractivity contribution >= 4 is 23.6 Å². The molecule has 0 amide bonds. The van der Waals surface area contributed by atoms with Gasteiger partial charge in [0.2, 0.25) is 0 Å². The third kappa shape index (κ3) is 6.28. The lowest BCUT2D eigenvalue weighted by Gasteiger charge is -2.31. The van der Waals surface area contributed by atoms with E-state index in [1.54, 1.807) is 23.6 Å². The largest absolute Gasteiger partial charge is 0.506 e. The number of carbonyl (C=O) groups is 2. The standard InChI is InChI=1S/C31H35FN4O10/c1-3-45-30(41)22-24(37)20(28(39)33-26(22)35-9-13-43-14-10-35)19(17-5-7-18(32)8-6-17)21-25(38)23(31(42)46-4-2)27(34-29(21)40)36-11-15-44-16-12-36/h5-8,19H,3-4,9-16H2,1-2H3,(H2,33,37,39)(H2,34,38,40). The molecule has 0 spiro atoms. The molecule has 0 unspecified atom stereocenters. The fraction of sp³-hybridized carbons (Fsp3) is 0.419. The fourth-order valence-electron chi connectivity index (χ4n) is 5.69. The number of anilines is 2. The Kier molecular flexibility index (Phi) is 9.92. The Morgan fingerprint density at radius 1 is 0.783 bits per heavy atom. The molecule has 0 radical (unpaired) electrons. The van der Waals surface area contributed by atoms with Crippen molar-refractivity contribution in [3.63, 3.8) is 0 Å². The number of rotatable bonds is 9. The van der Waals surface area contributed by atoms with E-state index in [1.165, 1.54) is 12.1 Å². The van der Waals surface area contributed by atoms with Gasteiger partial charge in [0, 0.05) is 26.2 Å². The Morgan fingerprint density at radius 3 is 1.54 bits per heavy atom. The number of hydrogen-bond acceptors (Lipinski definition) is 12. The first-order valence-corrected chi connectivity index (χ1v) is 14.9. The molecule has 2 saturated heterocycles. The van der Waals surface area contributed by atoms with Crippen LogP contribution in [0.15, 0.2) is 33.9 Å². The molecule has 46 heavy (non-hydrogen) atoms. The molecular weight excluding hydrogens is 607 g/mol. The molecule has 0 atom stereocenters. The summed E-state index contributed by atoms with van der Waals surface area (Å²) in [6.07, 6.45) is 0. The summed E-state index contributed by atoms with van der Waals surface area (Å²) in [5.74, 6) is -5.80. The molecule has 2 aromatic heterocycles. The minimum absolute atomic E-state index is 0.0149. The van der Waals surface area contributed by atoms with E-state index in [0.717, 1.165) is 12.1 Å². The molecule has 3 aromatic rings. The van der Waals surface area contributed by atoms with E-state index < -0.39 is 57.4 Å².